The molecule has 0 fully saturated rings. The summed E-state index contributed by atoms with van der Waals surface area (Å²) in [6.45, 7) is 5.85. The van der Waals surface area contributed by atoms with Crippen LogP contribution in [0.15, 0.2) is 16.8 Å². The third-order valence-electron chi connectivity index (χ3n) is 2.37. The van der Waals surface area contributed by atoms with Gasteiger partial charge in [-0.25, -0.2) is 0 Å². The highest BCUT2D eigenvalue weighted by Gasteiger charge is 2.09. The molecule has 0 aliphatic rings. The third-order valence-corrected chi connectivity index (χ3v) is 3.08. The van der Waals surface area contributed by atoms with Crippen LogP contribution in [0.4, 0.5) is 0 Å². The molecule has 2 nitrogen and oxygen atoms in total. The Bertz CT molecular complexity index is 246. The summed E-state index contributed by atoms with van der Waals surface area (Å²) in [5.74, 6) is 0.756. The van der Waals surface area contributed by atoms with Crippen molar-refractivity contribution in [3.05, 3.63) is 22.4 Å². The molecule has 15 heavy (non-hydrogen) atoms. The summed E-state index contributed by atoms with van der Waals surface area (Å²) in [6, 6.07) is 2.09. The average molecular weight is 227 g/mol. The van der Waals surface area contributed by atoms with E-state index in [4.69, 9.17) is 10.5 Å². The van der Waals surface area contributed by atoms with Crippen LogP contribution < -0.4 is 5.73 Å². The molecule has 1 atom stereocenters. The van der Waals surface area contributed by atoms with Crippen LogP contribution in [-0.2, 0) is 4.74 Å². The molecule has 0 aliphatic heterocycles. The summed E-state index contributed by atoms with van der Waals surface area (Å²) < 4.78 is 5.77. The maximum absolute atomic E-state index is 5.77. The van der Waals surface area contributed by atoms with E-state index in [0.29, 0.717) is 6.54 Å². The molecule has 0 aliphatic carbocycles. The van der Waals surface area contributed by atoms with Gasteiger partial charge in [0.15, 0.2) is 0 Å². The Balaban J connectivity index is 2.23. The Morgan fingerprint density at radius 3 is 2.80 bits per heavy atom. The lowest BCUT2D eigenvalue weighted by atomic mass is 10.1. The van der Waals surface area contributed by atoms with Crippen molar-refractivity contribution >= 4 is 11.3 Å². The summed E-state index contributed by atoms with van der Waals surface area (Å²) in [4.78, 5) is 0. The van der Waals surface area contributed by atoms with Crippen LogP contribution >= 0.6 is 11.3 Å². The highest BCUT2D eigenvalue weighted by Crippen LogP contribution is 2.19. The standard InChI is InChI=1S/C12H21NOS/c1-10(2)4-3-6-14-12(8-13)11-5-7-15-9-11/h5,7,9-10,12H,3-4,6,8,13H2,1-2H3. The van der Waals surface area contributed by atoms with Gasteiger partial charge in [0.2, 0.25) is 0 Å². The van der Waals surface area contributed by atoms with Gasteiger partial charge >= 0.3 is 0 Å². The van der Waals surface area contributed by atoms with Gasteiger partial charge in [-0.1, -0.05) is 13.8 Å². The molecular formula is C12H21NOS. The third kappa shape index (κ3) is 4.78. The number of hydrogen-bond donors (Lipinski definition) is 1. The van der Waals surface area contributed by atoms with Gasteiger partial charge in [-0.05, 0) is 41.1 Å². The molecule has 0 spiro atoms. The van der Waals surface area contributed by atoms with Gasteiger partial charge in [0, 0.05) is 13.2 Å². The van der Waals surface area contributed by atoms with E-state index in [9.17, 15) is 0 Å². The minimum absolute atomic E-state index is 0.0865. The minimum Gasteiger partial charge on any atom is -0.372 e. The Morgan fingerprint density at radius 2 is 2.27 bits per heavy atom. The molecule has 1 rings (SSSR count). The molecule has 0 aromatic carbocycles. The zero-order chi connectivity index (χ0) is 11.1. The number of rotatable bonds is 7. The van der Waals surface area contributed by atoms with E-state index in [1.165, 1.54) is 12.0 Å². The van der Waals surface area contributed by atoms with Gasteiger partial charge < -0.3 is 10.5 Å². The molecule has 1 heterocycles. The smallest absolute Gasteiger partial charge is 0.0955 e. The van der Waals surface area contributed by atoms with Crippen molar-refractivity contribution < 1.29 is 4.74 Å². The lowest BCUT2D eigenvalue weighted by molar-refractivity contribution is 0.0548. The Labute approximate surface area is 96.4 Å². The molecule has 1 unspecified atom stereocenters. The van der Waals surface area contributed by atoms with Gasteiger partial charge in [-0.15, -0.1) is 0 Å². The molecular weight excluding hydrogens is 206 g/mol. The van der Waals surface area contributed by atoms with E-state index in [1.807, 2.05) is 0 Å². The van der Waals surface area contributed by atoms with Gasteiger partial charge in [-0.3, -0.25) is 0 Å². The summed E-state index contributed by atoms with van der Waals surface area (Å²) in [5, 5.41) is 4.18. The van der Waals surface area contributed by atoms with Crippen LogP contribution in [0, 0.1) is 5.92 Å². The second-order valence-corrected chi connectivity index (χ2v) is 4.97. The molecule has 3 heteroatoms. The zero-order valence-corrected chi connectivity index (χ0v) is 10.4. The second-order valence-electron chi connectivity index (χ2n) is 4.19. The molecule has 86 valence electrons. The predicted octanol–water partition coefficient (Wildman–Crippen LogP) is 3.20. The first-order valence-electron chi connectivity index (χ1n) is 5.57. The van der Waals surface area contributed by atoms with Crippen molar-refractivity contribution in [2.24, 2.45) is 11.7 Å². The Morgan fingerprint density at radius 1 is 1.47 bits per heavy atom. The van der Waals surface area contributed by atoms with Gasteiger partial charge in [0.05, 0.1) is 6.10 Å². The lowest BCUT2D eigenvalue weighted by Crippen LogP contribution is -2.16. The molecule has 0 radical (unpaired) electrons. The molecule has 2 N–H and O–H groups in total. The molecule has 0 saturated heterocycles. The van der Waals surface area contributed by atoms with Crippen LogP contribution in [0.5, 0.6) is 0 Å². The highest BCUT2D eigenvalue weighted by atomic mass is 32.1. The monoisotopic (exact) mass is 227 g/mol. The highest BCUT2D eigenvalue weighted by molar-refractivity contribution is 7.07. The number of thiophene rings is 1. The van der Waals surface area contributed by atoms with Gasteiger partial charge in [0.1, 0.15) is 0 Å². The van der Waals surface area contributed by atoms with E-state index < -0.39 is 0 Å². The predicted molar refractivity (Wildman–Crippen MR) is 66.1 cm³/mol. The fourth-order valence-corrected chi connectivity index (χ4v) is 2.18. The maximum Gasteiger partial charge on any atom is 0.0955 e. The number of ether oxygens (including phenoxy) is 1. The van der Waals surface area contributed by atoms with Crippen molar-refractivity contribution in [1.29, 1.82) is 0 Å². The summed E-state index contributed by atoms with van der Waals surface area (Å²) >= 11 is 1.69. The Kier molecular flexibility index (Phi) is 5.91. The van der Waals surface area contributed by atoms with E-state index in [2.05, 4.69) is 30.7 Å². The first-order valence-corrected chi connectivity index (χ1v) is 6.52. The van der Waals surface area contributed by atoms with Crippen molar-refractivity contribution in [3.8, 4) is 0 Å². The van der Waals surface area contributed by atoms with Crippen LogP contribution in [-0.4, -0.2) is 13.2 Å². The van der Waals surface area contributed by atoms with Crippen LogP contribution in [0.3, 0.4) is 0 Å². The minimum atomic E-state index is 0.0865. The number of nitrogens with two attached hydrogens (primary N) is 1. The van der Waals surface area contributed by atoms with Crippen molar-refractivity contribution in [1.82, 2.24) is 0 Å². The molecule has 0 bridgehead atoms. The zero-order valence-electron chi connectivity index (χ0n) is 9.61. The lowest BCUT2D eigenvalue weighted by Gasteiger charge is -2.15. The van der Waals surface area contributed by atoms with Crippen LogP contribution in [0.25, 0.3) is 0 Å². The maximum atomic E-state index is 5.77. The summed E-state index contributed by atoms with van der Waals surface area (Å²) in [7, 11) is 0. The molecule has 1 aromatic heterocycles. The quantitative estimate of drug-likeness (QED) is 0.726. The van der Waals surface area contributed by atoms with Crippen molar-refractivity contribution in [2.75, 3.05) is 13.2 Å². The van der Waals surface area contributed by atoms with E-state index in [0.717, 1.165) is 18.9 Å². The van der Waals surface area contributed by atoms with Crippen molar-refractivity contribution in [3.63, 3.8) is 0 Å². The topological polar surface area (TPSA) is 35.2 Å². The average Bonchev–Trinajstić information content (AvgIpc) is 2.70. The van der Waals surface area contributed by atoms with Gasteiger partial charge in [0.25, 0.3) is 0 Å². The second kappa shape index (κ2) is 6.99. The molecule has 0 amide bonds. The summed E-state index contributed by atoms with van der Waals surface area (Å²) in [5.41, 5.74) is 6.90. The van der Waals surface area contributed by atoms with E-state index >= 15 is 0 Å². The molecule has 1 aromatic rings. The van der Waals surface area contributed by atoms with E-state index in [-0.39, 0.29) is 6.10 Å². The van der Waals surface area contributed by atoms with Crippen LogP contribution in [0.1, 0.15) is 38.4 Å². The first-order chi connectivity index (χ1) is 7.24. The normalized spacial score (nSPS) is 13.3. The Hall–Kier alpha value is -0.380. The SMILES string of the molecule is CC(C)CCCOC(CN)c1ccsc1. The largest absolute Gasteiger partial charge is 0.372 e. The fraction of sp³-hybridized carbons (Fsp3) is 0.667. The van der Waals surface area contributed by atoms with Crippen LogP contribution in [0.2, 0.25) is 0 Å². The molecule has 0 saturated carbocycles. The first kappa shape index (κ1) is 12.7. The summed E-state index contributed by atoms with van der Waals surface area (Å²) in [6.07, 6.45) is 2.43. The van der Waals surface area contributed by atoms with Crippen molar-refractivity contribution in [2.45, 2.75) is 32.8 Å². The number of hydrogen-bond acceptors (Lipinski definition) is 3. The van der Waals surface area contributed by atoms with E-state index in [1.54, 1.807) is 11.3 Å². The fourth-order valence-electron chi connectivity index (χ4n) is 1.48. The van der Waals surface area contributed by atoms with Gasteiger partial charge in [-0.2, -0.15) is 11.3 Å².